The van der Waals surface area contributed by atoms with Crippen LogP contribution in [0.25, 0.3) is 0 Å². The van der Waals surface area contributed by atoms with E-state index in [4.69, 9.17) is 15.2 Å². The molecule has 1 amide bonds. The van der Waals surface area contributed by atoms with Crippen LogP contribution in [0.1, 0.15) is 42.2 Å². The number of benzene rings is 3. The van der Waals surface area contributed by atoms with Crippen molar-refractivity contribution in [1.82, 2.24) is 0 Å². The third-order valence-electron chi connectivity index (χ3n) is 5.03. The van der Waals surface area contributed by atoms with Gasteiger partial charge < -0.3 is 20.5 Å². The van der Waals surface area contributed by atoms with Crippen LogP contribution in [0.2, 0.25) is 0 Å². The van der Waals surface area contributed by atoms with Crippen LogP contribution in [-0.2, 0) is 0 Å². The van der Waals surface area contributed by atoms with E-state index < -0.39 is 5.91 Å². The second-order valence-electron chi connectivity index (χ2n) is 6.67. The van der Waals surface area contributed by atoms with Crippen LogP contribution >= 0.6 is 0 Å². The molecule has 4 rings (SSSR count). The lowest BCUT2D eigenvalue weighted by molar-refractivity contribution is 0.0978. The van der Waals surface area contributed by atoms with Crippen molar-refractivity contribution in [2.45, 2.75) is 0 Å². The molecule has 0 radical (unpaired) electrons. The SMILES string of the molecule is COc1ccc(OC)c(NC(=O)c2ccc3c(c2N)C(=O)c2ccccc2C3=O)c1. The molecule has 0 saturated heterocycles. The maximum Gasteiger partial charge on any atom is 0.257 e. The highest BCUT2D eigenvalue weighted by Crippen LogP contribution is 2.34. The second-order valence-corrected chi connectivity index (χ2v) is 6.67. The summed E-state index contributed by atoms with van der Waals surface area (Å²) in [6.45, 7) is 0. The van der Waals surface area contributed by atoms with E-state index in [2.05, 4.69) is 5.32 Å². The highest BCUT2D eigenvalue weighted by molar-refractivity contribution is 6.31. The molecule has 0 unspecified atom stereocenters. The number of carbonyl (C=O) groups excluding carboxylic acids is 3. The number of nitrogens with one attached hydrogen (secondary N) is 1. The Bertz CT molecular complexity index is 1220. The van der Waals surface area contributed by atoms with Gasteiger partial charge in [-0.05, 0) is 24.3 Å². The lowest BCUT2D eigenvalue weighted by atomic mass is 9.82. The quantitative estimate of drug-likeness (QED) is 0.507. The lowest BCUT2D eigenvalue weighted by Gasteiger charge is -2.20. The number of anilines is 2. The van der Waals surface area contributed by atoms with Crippen molar-refractivity contribution >= 4 is 28.8 Å². The number of nitrogen functional groups attached to an aromatic ring is 1. The van der Waals surface area contributed by atoms with Crippen molar-refractivity contribution in [1.29, 1.82) is 0 Å². The highest BCUT2D eigenvalue weighted by Gasteiger charge is 2.32. The molecule has 7 nitrogen and oxygen atoms in total. The first-order chi connectivity index (χ1) is 14.5. The fourth-order valence-corrected chi connectivity index (χ4v) is 3.51. The van der Waals surface area contributed by atoms with Gasteiger partial charge in [-0.2, -0.15) is 0 Å². The molecule has 3 N–H and O–H groups in total. The number of nitrogens with two attached hydrogens (primary N) is 1. The number of ether oxygens (including phenoxy) is 2. The van der Waals surface area contributed by atoms with E-state index in [-0.39, 0.29) is 39.5 Å². The fourth-order valence-electron chi connectivity index (χ4n) is 3.51. The molecule has 30 heavy (non-hydrogen) atoms. The van der Waals surface area contributed by atoms with Crippen molar-refractivity contribution in [2.24, 2.45) is 0 Å². The lowest BCUT2D eigenvalue weighted by Crippen LogP contribution is -2.24. The summed E-state index contributed by atoms with van der Waals surface area (Å²) in [6, 6.07) is 14.4. The van der Waals surface area contributed by atoms with Gasteiger partial charge >= 0.3 is 0 Å². The molecule has 0 spiro atoms. The molecule has 0 aliphatic heterocycles. The zero-order chi connectivity index (χ0) is 21.4. The summed E-state index contributed by atoms with van der Waals surface area (Å²) in [4.78, 5) is 38.7. The van der Waals surface area contributed by atoms with Crippen LogP contribution in [-0.4, -0.2) is 31.7 Å². The van der Waals surface area contributed by atoms with Gasteiger partial charge in [0.05, 0.1) is 36.7 Å². The number of hydrogen-bond donors (Lipinski definition) is 2. The van der Waals surface area contributed by atoms with Crippen molar-refractivity contribution < 1.29 is 23.9 Å². The molecule has 7 heteroatoms. The third-order valence-corrected chi connectivity index (χ3v) is 5.03. The molecule has 0 atom stereocenters. The van der Waals surface area contributed by atoms with Gasteiger partial charge in [0.1, 0.15) is 11.5 Å². The van der Waals surface area contributed by atoms with E-state index in [1.54, 1.807) is 42.5 Å². The average Bonchev–Trinajstić information content (AvgIpc) is 2.77. The second kappa shape index (κ2) is 7.36. The summed E-state index contributed by atoms with van der Waals surface area (Å²) < 4.78 is 10.5. The third kappa shape index (κ3) is 2.97. The minimum absolute atomic E-state index is 0.0419. The molecular formula is C23H18N2O5. The molecular weight excluding hydrogens is 384 g/mol. The first-order valence-corrected chi connectivity index (χ1v) is 9.10. The number of ketones is 2. The van der Waals surface area contributed by atoms with Crippen LogP contribution in [0, 0.1) is 0 Å². The van der Waals surface area contributed by atoms with E-state index in [9.17, 15) is 14.4 Å². The van der Waals surface area contributed by atoms with Crippen molar-refractivity contribution in [3.8, 4) is 11.5 Å². The molecule has 0 bridgehead atoms. The maximum absolute atomic E-state index is 13.0. The van der Waals surface area contributed by atoms with Gasteiger partial charge in [0.2, 0.25) is 0 Å². The van der Waals surface area contributed by atoms with E-state index in [0.29, 0.717) is 22.7 Å². The smallest absolute Gasteiger partial charge is 0.257 e. The average molecular weight is 402 g/mol. The van der Waals surface area contributed by atoms with E-state index in [1.165, 1.54) is 26.4 Å². The number of methoxy groups -OCH3 is 2. The predicted octanol–water partition coefficient (Wildman–Crippen LogP) is 3.31. The molecule has 1 aliphatic carbocycles. The molecule has 3 aromatic rings. The summed E-state index contributed by atoms with van der Waals surface area (Å²) in [6.07, 6.45) is 0. The zero-order valence-electron chi connectivity index (χ0n) is 16.3. The van der Waals surface area contributed by atoms with Gasteiger partial charge in [-0.3, -0.25) is 14.4 Å². The van der Waals surface area contributed by atoms with E-state index >= 15 is 0 Å². The molecule has 0 heterocycles. The van der Waals surface area contributed by atoms with Crippen LogP contribution in [0.4, 0.5) is 11.4 Å². The standard InChI is InChI=1S/C23H18N2O5/c1-29-12-7-10-18(30-2)17(11-12)25-23(28)16-9-8-15-19(20(16)24)22(27)14-6-4-3-5-13(14)21(15)26/h3-11H,24H2,1-2H3,(H,25,28). The Labute approximate surface area is 172 Å². The zero-order valence-corrected chi connectivity index (χ0v) is 16.3. The molecule has 150 valence electrons. The number of carbonyl (C=O) groups is 3. The highest BCUT2D eigenvalue weighted by atomic mass is 16.5. The normalized spacial score (nSPS) is 12.1. The molecule has 1 aliphatic rings. The molecule has 0 saturated carbocycles. The van der Waals surface area contributed by atoms with Gasteiger partial charge in [-0.1, -0.05) is 24.3 Å². The largest absolute Gasteiger partial charge is 0.497 e. The van der Waals surface area contributed by atoms with Gasteiger partial charge in [0, 0.05) is 22.8 Å². The first kappa shape index (κ1) is 19.2. The molecule has 0 aromatic heterocycles. The summed E-state index contributed by atoms with van der Waals surface area (Å²) in [7, 11) is 2.99. The number of fused-ring (bicyclic) bond motifs is 2. The minimum Gasteiger partial charge on any atom is -0.497 e. The van der Waals surface area contributed by atoms with Crippen LogP contribution in [0.3, 0.4) is 0 Å². The summed E-state index contributed by atoms with van der Waals surface area (Å²) in [5.41, 5.74) is 7.46. The Balaban J connectivity index is 1.75. The topological polar surface area (TPSA) is 108 Å². The Morgan fingerprint density at radius 2 is 1.57 bits per heavy atom. The minimum atomic E-state index is -0.541. The Hall–Kier alpha value is -4.13. The monoisotopic (exact) mass is 402 g/mol. The van der Waals surface area contributed by atoms with E-state index in [1.807, 2.05) is 0 Å². The van der Waals surface area contributed by atoms with Gasteiger partial charge in [-0.15, -0.1) is 0 Å². The van der Waals surface area contributed by atoms with Crippen LogP contribution < -0.4 is 20.5 Å². The van der Waals surface area contributed by atoms with Gasteiger partial charge in [-0.25, -0.2) is 0 Å². The van der Waals surface area contributed by atoms with Crippen molar-refractivity contribution in [3.05, 3.63) is 82.4 Å². The van der Waals surface area contributed by atoms with E-state index in [0.717, 1.165) is 0 Å². The van der Waals surface area contributed by atoms with Crippen molar-refractivity contribution in [2.75, 3.05) is 25.3 Å². The number of hydrogen-bond acceptors (Lipinski definition) is 6. The Kier molecular flexibility index (Phi) is 4.71. The summed E-state index contributed by atoms with van der Waals surface area (Å²) in [5, 5.41) is 2.73. The molecule has 0 fully saturated rings. The fraction of sp³-hybridized carbons (Fsp3) is 0.0870. The Morgan fingerprint density at radius 3 is 2.23 bits per heavy atom. The predicted molar refractivity (Wildman–Crippen MR) is 112 cm³/mol. The number of amides is 1. The van der Waals surface area contributed by atoms with Crippen LogP contribution in [0.5, 0.6) is 11.5 Å². The van der Waals surface area contributed by atoms with Gasteiger partial charge in [0.25, 0.3) is 5.91 Å². The van der Waals surface area contributed by atoms with Gasteiger partial charge in [0.15, 0.2) is 11.6 Å². The summed E-state index contributed by atoms with van der Waals surface area (Å²) in [5.74, 6) is -0.261. The Morgan fingerprint density at radius 1 is 0.867 bits per heavy atom. The van der Waals surface area contributed by atoms with Crippen molar-refractivity contribution in [3.63, 3.8) is 0 Å². The summed E-state index contributed by atoms with van der Waals surface area (Å²) >= 11 is 0. The maximum atomic E-state index is 13.0. The molecule has 3 aromatic carbocycles. The van der Waals surface area contributed by atoms with Crippen LogP contribution in [0.15, 0.2) is 54.6 Å². The number of rotatable bonds is 4. The first-order valence-electron chi connectivity index (χ1n) is 9.10.